The molecule has 4 nitrogen and oxygen atoms in total. The van der Waals surface area contributed by atoms with Gasteiger partial charge in [0.15, 0.2) is 5.78 Å². The third-order valence-electron chi connectivity index (χ3n) is 3.28. The van der Waals surface area contributed by atoms with Crippen LogP contribution in [0.4, 0.5) is 0 Å². The Morgan fingerprint density at radius 2 is 2.05 bits per heavy atom. The fourth-order valence-corrected chi connectivity index (χ4v) is 2.37. The van der Waals surface area contributed by atoms with Gasteiger partial charge < -0.3 is 9.84 Å². The Hall–Kier alpha value is -1.84. The maximum Gasteiger partial charge on any atom is 0.303 e. The van der Waals surface area contributed by atoms with Crippen molar-refractivity contribution in [2.24, 2.45) is 5.41 Å². The minimum Gasteiger partial charge on any atom is -0.493 e. The number of carbonyl (C=O) groups excluding carboxylic acids is 1. The van der Waals surface area contributed by atoms with E-state index in [-0.39, 0.29) is 18.6 Å². The molecule has 1 N–H and O–H groups in total. The molecule has 0 aromatic heterocycles. The number of aliphatic carboxylic acids is 1. The summed E-state index contributed by atoms with van der Waals surface area (Å²) in [6, 6.07) is 5.44. The van der Waals surface area contributed by atoms with Gasteiger partial charge in [0.05, 0.1) is 13.0 Å². The lowest BCUT2D eigenvalue weighted by Gasteiger charge is -2.21. The smallest absolute Gasteiger partial charge is 0.303 e. The number of hydrogen-bond donors (Lipinski definition) is 1. The molecule has 102 valence electrons. The number of carbonyl (C=O) groups is 2. The van der Waals surface area contributed by atoms with Crippen LogP contribution in [0.3, 0.4) is 0 Å². The van der Waals surface area contributed by atoms with Crippen LogP contribution in [0.5, 0.6) is 5.75 Å². The van der Waals surface area contributed by atoms with Crippen LogP contribution in [0.25, 0.3) is 0 Å². The molecule has 0 unspecified atom stereocenters. The predicted octanol–water partition coefficient (Wildman–Crippen LogP) is 2.70. The average Bonchev–Trinajstić information content (AvgIpc) is 2.72. The molecule has 0 aliphatic carbocycles. The predicted molar refractivity (Wildman–Crippen MR) is 70.6 cm³/mol. The zero-order chi connectivity index (χ0) is 14.0. The molecule has 0 saturated carbocycles. The molecule has 19 heavy (non-hydrogen) atoms. The van der Waals surface area contributed by atoms with E-state index in [0.29, 0.717) is 12.2 Å². The van der Waals surface area contributed by atoms with Crippen LogP contribution in [0.2, 0.25) is 0 Å². The van der Waals surface area contributed by atoms with Gasteiger partial charge >= 0.3 is 5.97 Å². The second kappa shape index (κ2) is 5.03. The minimum atomic E-state index is -0.875. The SMILES string of the molecule is CC(C)(CC(=O)O)CC(=O)c1ccc2c(c1)CCO2. The van der Waals surface area contributed by atoms with Gasteiger partial charge in [0.25, 0.3) is 0 Å². The van der Waals surface area contributed by atoms with Gasteiger partial charge in [0, 0.05) is 18.4 Å². The highest BCUT2D eigenvalue weighted by Crippen LogP contribution is 2.30. The van der Waals surface area contributed by atoms with Crippen LogP contribution in [0.1, 0.15) is 42.6 Å². The van der Waals surface area contributed by atoms with E-state index >= 15 is 0 Å². The molecule has 2 rings (SSSR count). The Kier molecular flexibility index (Phi) is 3.60. The molecule has 0 fully saturated rings. The van der Waals surface area contributed by atoms with Gasteiger partial charge in [-0.2, -0.15) is 0 Å². The van der Waals surface area contributed by atoms with Crippen LogP contribution in [-0.2, 0) is 11.2 Å². The minimum absolute atomic E-state index is 0.00715. The van der Waals surface area contributed by atoms with Crippen LogP contribution < -0.4 is 4.74 Å². The quantitative estimate of drug-likeness (QED) is 0.829. The zero-order valence-corrected chi connectivity index (χ0v) is 11.2. The van der Waals surface area contributed by atoms with Crippen molar-refractivity contribution in [2.75, 3.05) is 6.61 Å². The number of carboxylic acid groups (broad SMARTS) is 1. The second-order valence-electron chi connectivity index (χ2n) is 5.76. The van der Waals surface area contributed by atoms with Crippen molar-refractivity contribution in [3.05, 3.63) is 29.3 Å². The first-order chi connectivity index (χ1) is 8.87. The molecular weight excluding hydrogens is 244 g/mol. The zero-order valence-electron chi connectivity index (χ0n) is 11.2. The van der Waals surface area contributed by atoms with Gasteiger partial charge in [-0.1, -0.05) is 13.8 Å². The molecule has 1 aliphatic rings. The average molecular weight is 262 g/mol. The largest absolute Gasteiger partial charge is 0.493 e. The molecule has 1 aliphatic heterocycles. The van der Waals surface area contributed by atoms with Crippen molar-refractivity contribution in [3.8, 4) is 5.75 Å². The number of hydrogen-bond acceptors (Lipinski definition) is 3. The van der Waals surface area contributed by atoms with Crippen LogP contribution in [0, 0.1) is 5.41 Å². The molecule has 0 saturated heterocycles. The Bertz CT molecular complexity index is 517. The van der Waals surface area contributed by atoms with Gasteiger partial charge in [-0.25, -0.2) is 0 Å². The molecule has 0 spiro atoms. The fraction of sp³-hybridized carbons (Fsp3) is 0.467. The van der Waals surface area contributed by atoms with E-state index in [1.54, 1.807) is 19.9 Å². The maximum absolute atomic E-state index is 12.2. The molecule has 1 aromatic carbocycles. The summed E-state index contributed by atoms with van der Waals surface area (Å²) in [5.41, 5.74) is 1.17. The molecule has 1 aromatic rings. The van der Waals surface area contributed by atoms with Crippen LogP contribution >= 0.6 is 0 Å². The monoisotopic (exact) mass is 262 g/mol. The molecule has 0 amide bonds. The normalized spacial score (nSPS) is 13.8. The first-order valence-electron chi connectivity index (χ1n) is 6.38. The maximum atomic E-state index is 12.2. The van der Waals surface area contributed by atoms with E-state index in [1.807, 2.05) is 12.1 Å². The summed E-state index contributed by atoms with van der Waals surface area (Å²) < 4.78 is 5.40. The number of fused-ring (bicyclic) bond motifs is 1. The van der Waals surface area contributed by atoms with E-state index in [0.717, 1.165) is 17.7 Å². The van der Waals surface area contributed by atoms with E-state index in [2.05, 4.69) is 0 Å². The molecule has 0 radical (unpaired) electrons. The van der Waals surface area contributed by atoms with Gasteiger partial charge in [-0.15, -0.1) is 0 Å². The number of Topliss-reactive ketones (excluding diaryl/α,β-unsaturated/α-hetero) is 1. The van der Waals surface area contributed by atoms with Gasteiger partial charge in [-0.3, -0.25) is 9.59 Å². The van der Waals surface area contributed by atoms with Crippen molar-refractivity contribution in [3.63, 3.8) is 0 Å². The number of carboxylic acids is 1. The number of ketones is 1. The highest BCUT2D eigenvalue weighted by Gasteiger charge is 2.26. The van der Waals surface area contributed by atoms with E-state index < -0.39 is 11.4 Å². The lowest BCUT2D eigenvalue weighted by molar-refractivity contribution is -0.139. The summed E-state index contributed by atoms with van der Waals surface area (Å²) in [7, 11) is 0. The Labute approximate surface area is 112 Å². The fourth-order valence-electron chi connectivity index (χ4n) is 2.37. The van der Waals surface area contributed by atoms with E-state index in [4.69, 9.17) is 9.84 Å². The third kappa shape index (κ3) is 3.34. The molecule has 0 bridgehead atoms. The van der Waals surface area contributed by atoms with Gasteiger partial charge in [0.1, 0.15) is 5.75 Å². The summed E-state index contributed by atoms with van der Waals surface area (Å²) in [5.74, 6) is -0.0394. The Balaban J connectivity index is 2.10. The topological polar surface area (TPSA) is 63.6 Å². The van der Waals surface area contributed by atoms with Crippen molar-refractivity contribution in [2.45, 2.75) is 33.1 Å². The van der Waals surface area contributed by atoms with E-state index in [1.165, 1.54) is 0 Å². The first kappa shape index (κ1) is 13.6. The second-order valence-corrected chi connectivity index (χ2v) is 5.76. The van der Waals surface area contributed by atoms with Crippen molar-refractivity contribution >= 4 is 11.8 Å². The van der Waals surface area contributed by atoms with Gasteiger partial charge in [0.2, 0.25) is 0 Å². The van der Waals surface area contributed by atoms with E-state index in [9.17, 15) is 9.59 Å². The van der Waals surface area contributed by atoms with Crippen LogP contribution in [-0.4, -0.2) is 23.5 Å². The third-order valence-corrected chi connectivity index (χ3v) is 3.28. The lowest BCUT2D eigenvalue weighted by atomic mass is 9.82. The van der Waals surface area contributed by atoms with Crippen molar-refractivity contribution in [1.82, 2.24) is 0 Å². The van der Waals surface area contributed by atoms with Crippen molar-refractivity contribution < 1.29 is 19.4 Å². The van der Waals surface area contributed by atoms with Crippen molar-refractivity contribution in [1.29, 1.82) is 0 Å². The van der Waals surface area contributed by atoms with Gasteiger partial charge in [-0.05, 0) is 29.2 Å². The summed E-state index contributed by atoms with van der Waals surface area (Å²) in [6.45, 7) is 4.27. The summed E-state index contributed by atoms with van der Waals surface area (Å²) in [4.78, 5) is 23.0. The Morgan fingerprint density at radius 1 is 1.32 bits per heavy atom. The highest BCUT2D eigenvalue weighted by molar-refractivity contribution is 5.97. The molecule has 1 heterocycles. The highest BCUT2D eigenvalue weighted by atomic mass is 16.5. The standard InChI is InChI=1S/C15H18O4/c1-15(2,9-14(17)18)8-12(16)10-3-4-13-11(7-10)5-6-19-13/h3-4,7H,5-6,8-9H2,1-2H3,(H,17,18). The molecular formula is C15H18O4. The molecule has 0 atom stereocenters. The first-order valence-corrected chi connectivity index (χ1v) is 6.38. The Morgan fingerprint density at radius 3 is 2.74 bits per heavy atom. The number of ether oxygens (including phenoxy) is 1. The summed E-state index contributed by atoms with van der Waals surface area (Å²) in [6.07, 6.45) is 1.06. The summed E-state index contributed by atoms with van der Waals surface area (Å²) in [5, 5.41) is 8.83. The van der Waals surface area contributed by atoms with Crippen LogP contribution in [0.15, 0.2) is 18.2 Å². The molecule has 4 heteroatoms. The number of rotatable bonds is 5. The lowest BCUT2D eigenvalue weighted by Crippen LogP contribution is -2.21. The summed E-state index contributed by atoms with van der Waals surface area (Å²) >= 11 is 0. The number of benzene rings is 1.